The average molecular weight is 100 g/mol. The van der Waals surface area contributed by atoms with Crippen LogP contribution in [0.3, 0.4) is 0 Å². The highest BCUT2D eigenvalue weighted by atomic mass is 16.5. The summed E-state index contributed by atoms with van der Waals surface area (Å²) >= 11 is 0. The number of hydrogen-bond donors (Lipinski definition) is 0. The highest BCUT2D eigenvalue weighted by Gasteiger charge is 1.94. The highest BCUT2D eigenvalue weighted by Crippen LogP contribution is 1.93. The van der Waals surface area contributed by atoms with Gasteiger partial charge < -0.3 is 4.74 Å². The third kappa shape index (κ3) is 5.70. The summed E-state index contributed by atoms with van der Waals surface area (Å²) < 4.78 is 4.72. The second kappa shape index (κ2) is 5.70. The zero-order chi connectivity index (χ0) is 5.54. The van der Waals surface area contributed by atoms with Crippen LogP contribution in [-0.4, -0.2) is 13.2 Å². The van der Waals surface area contributed by atoms with Gasteiger partial charge in [-0.15, -0.1) is 6.58 Å². The monoisotopic (exact) mass is 100 g/mol. The van der Waals surface area contributed by atoms with E-state index in [1.807, 2.05) is 6.92 Å². The Morgan fingerprint density at radius 1 is 1.57 bits per heavy atom. The van der Waals surface area contributed by atoms with Gasteiger partial charge in [-0.05, 0) is 13.3 Å². The molecule has 0 saturated carbocycles. The van der Waals surface area contributed by atoms with Gasteiger partial charge in [0.05, 0.1) is 0 Å². The molecule has 1 aliphatic rings. The number of hydrogen-bond acceptors (Lipinski definition) is 1. The van der Waals surface area contributed by atoms with Crippen molar-refractivity contribution in [3.8, 4) is 0 Å². The number of ether oxygens (including phenoxy) is 1. The predicted molar refractivity (Wildman–Crippen MR) is 31.3 cm³/mol. The summed E-state index contributed by atoms with van der Waals surface area (Å²) in [6, 6.07) is 0. The van der Waals surface area contributed by atoms with Gasteiger partial charge in [-0.25, -0.2) is 0 Å². The summed E-state index contributed by atoms with van der Waals surface area (Å²) in [6.45, 7) is 7.25. The maximum absolute atomic E-state index is 4.72. The second-order valence-corrected chi connectivity index (χ2v) is 1.37. The van der Waals surface area contributed by atoms with E-state index in [1.165, 1.54) is 6.42 Å². The maximum atomic E-state index is 4.72. The molecule has 0 spiro atoms. The van der Waals surface area contributed by atoms with Crippen LogP contribution in [-0.2, 0) is 4.74 Å². The molecular formula is C6H12O. The van der Waals surface area contributed by atoms with Crippen molar-refractivity contribution in [3.63, 3.8) is 0 Å². The Kier molecular flexibility index (Phi) is 5.46. The van der Waals surface area contributed by atoms with E-state index >= 15 is 0 Å². The molecule has 1 nitrogen and oxygen atoms in total. The lowest BCUT2D eigenvalue weighted by Gasteiger charge is -2.09. The molecule has 0 radical (unpaired) electrons. The van der Waals surface area contributed by atoms with E-state index in [1.54, 1.807) is 6.08 Å². The van der Waals surface area contributed by atoms with Crippen LogP contribution >= 0.6 is 0 Å². The molecule has 0 aromatic heterocycles. The van der Waals surface area contributed by atoms with Gasteiger partial charge in [0, 0.05) is 13.2 Å². The van der Waals surface area contributed by atoms with Crippen LogP contribution in [0.1, 0.15) is 13.3 Å². The van der Waals surface area contributed by atoms with Gasteiger partial charge in [0.25, 0.3) is 0 Å². The molecule has 0 bridgehead atoms. The number of allylic oxidation sites excluding steroid dienone is 1. The second-order valence-electron chi connectivity index (χ2n) is 1.37. The lowest BCUT2D eigenvalue weighted by Crippen LogP contribution is -2.09. The normalized spacial score (nSPS) is 15.6. The first-order valence-corrected chi connectivity index (χ1v) is 2.56. The van der Waals surface area contributed by atoms with Gasteiger partial charge in [-0.1, -0.05) is 6.08 Å². The minimum atomic E-state index is 1.00. The molecule has 1 heterocycles. The van der Waals surface area contributed by atoms with Crippen molar-refractivity contribution in [1.29, 1.82) is 0 Å². The maximum Gasteiger partial charge on any atom is 0.0488 e. The molecule has 1 fully saturated rings. The smallest absolute Gasteiger partial charge is 0.0488 e. The molecular weight excluding hydrogens is 88.1 g/mol. The molecule has 1 aliphatic heterocycles. The summed E-state index contributed by atoms with van der Waals surface area (Å²) in [5.74, 6) is 0. The number of rotatable bonds is 0. The van der Waals surface area contributed by atoms with Crippen molar-refractivity contribution >= 4 is 0 Å². The molecule has 0 atom stereocenters. The summed E-state index contributed by atoms with van der Waals surface area (Å²) in [5.41, 5.74) is 0. The van der Waals surface area contributed by atoms with Crippen LogP contribution in [0, 0.1) is 0 Å². The quantitative estimate of drug-likeness (QED) is 0.420. The molecule has 0 N–H and O–H groups in total. The lowest BCUT2D eigenvalue weighted by atomic mass is 10.4. The van der Waals surface area contributed by atoms with Crippen molar-refractivity contribution in [2.45, 2.75) is 13.3 Å². The van der Waals surface area contributed by atoms with Crippen molar-refractivity contribution in [3.05, 3.63) is 12.7 Å². The van der Waals surface area contributed by atoms with Gasteiger partial charge in [0.15, 0.2) is 0 Å². The van der Waals surface area contributed by atoms with Crippen LogP contribution in [0.4, 0.5) is 0 Å². The fourth-order valence-electron chi connectivity index (χ4n) is 0.144. The largest absolute Gasteiger partial charge is 0.381 e. The van der Waals surface area contributed by atoms with Crippen LogP contribution < -0.4 is 0 Å². The van der Waals surface area contributed by atoms with Crippen molar-refractivity contribution in [2.75, 3.05) is 13.2 Å². The van der Waals surface area contributed by atoms with E-state index in [9.17, 15) is 0 Å². The molecule has 1 saturated heterocycles. The fraction of sp³-hybridized carbons (Fsp3) is 0.667. The topological polar surface area (TPSA) is 9.23 Å². The molecule has 1 rings (SSSR count). The van der Waals surface area contributed by atoms with Crippen LogP contribution in [0.5, 0.6) is 0 Å². The molecule has 7 heavy (non-hydrogen) atoms. The Labute approximate surface area is 45.0 Å². The third-order valence-corrected chi connectivity index (χ3v) is 0.577. The van der Waals surface area contributed by atoms with E-state index in [4.69, 9.17) is 4.74 Å². The van der Waals surface area contributed by atoms with Crippen LogP contribution in [0.15, 0.2) is 12.7 Å². The van der Waals surface area contributed by atoms with Gasteiger partial charge in [0.2, 0.25) is 0 Å². The Bertz CT molecular complexity index is 33.4. The Morgan fingerprint density at radius 2 is 1.71 bits per heavy atom. The van der Waals surface area contributed by atoms with E-state index < -0.39 is 0 Å². The highest BCUT2D eigenvalue weighted by molar-refractivity contribution is 4.51. The summed E-state index contributed by atoms with van der Waals surface area (Å²) in [7, 11) is 0. The minimum absolute atomic E-state index is 1.00. The Balaban J connectivity index is 0.000000110. The van der Waals surface area contributed by atoms with E-state index in [0.29, 0.717) is 0 Å². The first kappa shape index (κ1) is 6.70. The van der Waals surface area contributed by atoms with Crippen LogP contribution in [0.25, 0.3) is 0 Å². The Hall–Kier alpha value is -0.300. The summed E-state index contributed by atoms with van der Waals surface area (Å²) in [6.07, 6.45) is 3.03. The first-order chi connectivity index (χ1) is 3.41. The summed E-state index contributed by atoms with van der Waals surface area (Å²) in [5, 5.41) is 0. The molecule has 42 valence electrons. The predicted octanol–water partition coefficient (Wildman–Crippen LogP) is 1.60. The van der Waals surface area contributed by atoms with Crippen molar-refractivity contribution in [1.82, 2.24) is 0 Å². The van der Waals surface area contributed by atoms with Crippen LogP contribution in [0.2, 0.25) is 0 Å². The average Bonchev–Trinajstić information content (AvgIpc) is 1.27. The molecule has 0 aromatic rings. The standard InChI is InChI=1S/C3H6O.C3H6/c1-2-4-3-1;1-3-2/h1-3H2;3H,1H2,2H3. The molecule has 0 unspecified atom stereocenters. The van der Waals surface area contributed by atoms with Crippen molar-refractivity contribution in [2.24, 2.45) is 0 Å². The van der Waals surface area contributed by atoms with E-state index in [0.717, 1.165) is 13.2 Å². The zero-order valence-electron chi connectivity index (χ0n) is 4.81. The van der Waals surface area contributed by atoms with E-state index in [-0.39, 0.29) is 0 Å². The molecule has 0 amide bonds. The van der Waals surface area contributed by atoms with E-state index in [2.05, 4.69) is 6.58 Å². The SMILES string of the molecule is C1COC1.C=CC. The first-order valence-electron chi connectivity index (χ1n) is 2.56. The Morgan fingerprint density at radius 3 is 1.71 bits per heavy atom. The minimum Gasteiger partial charge on any atom is -0.381 e. The molecule has 1 heteroatoms. The zero-order valence-corrected chi connectivity index (χ0v) is 4.81. The fourth-order valence-corrected chi connectivity index (χ4v) is 0.144. The molecule has 0 aromatic carbocycles. The summed E-state index contributed by atoms with van der Waals surface area (Å²) in [4.78, 5) is 0. The van der Waals surface area contributed by atoms with Gasteiger partial charge in [0.1, 0.15) is 0 Å². The van der Waals surface area contributed by atoms with Gasteiger partial charge >= 0.3 is 0 Å². The lowest BCUT2D eigenvalue weighted by molar-refractivity contribution is 0.0367. The van der Waals surface area contributed by atoms with Gasteiger partial charge in [-0.3, -0.25) is 0 Å². The van der Waals surface area contributed by atoms with Gasteiger partial charge in [-0.2, -0.15) is 0 Å². The van der Waals surface area contributed by atoms with Crippen molar-refractivity contribution < 1.29 is 4.74 Å². The molecule has 0 aliphatic carbocycles. The third-order valence-electron chi connectivity index (χ3n) is 0.577.